The van der Waals surface area contributed by atoms with Crippen LogP contribution in [0.4, 0.5) is 0 Å². The molecular weight excluding hydrogens is 292 g/mol. The molecule has 1 aliphatic rings. The first-order valence-electron chi connectivity index (χ1n) is 6.57. The van der Waals surface area contributed by atoms with E-state index in [-0.39, 0.29) is 0 Å². The molecule has 1 N–H and O–H groups in total. The normalized spacial score (nSPS) is 19.6. The zero-order valence-electron chi connectivity index (χ0n) is 11.2. The summed E-state index contributed by atoms with van der Waals surface area (Å²) in [6.07, 6.45) is 8.56. The fraction of sp³-hybridized carbons (Fsp3) is 0.357. The highest BCUT2D eigenvalue weighted by atomic mass is 32.2. The van der Waals surface area contributed by atoms with E-state index >= 15 is 0 Å². The Bertz CT molecular complexity index is 844. The third-order valence-corrected chi connectivity index (χ3v) is 5.16. The van der Waals surface area contributed by atoms with Gasteiger partial charge in [-0.15, -0.1) is 0 Å². The Morgan fingerprint density at radius 3 is 2.80 bits per heavy atom. The quantitative estimate of drug-likeness (QED) is 0.683. The highest BCUT2D eigenvalue weighted by Crippen LogP contribution is 2.30. The molecule has 3 rings (SSSR count). The summed E-state index contributed by atoms with van der Waals surface area (Å²) in [5.74, 6) is 0. The summed E-state index contributed by atoms with van der Waals surface area (Å²) >= 11 is 5.40. The van der Waals surface area contributed by atoms with Crippen LogP contribution in [-0.2, 0) is 9.84 Å². The molecule has 6 heteroatoms. The van der Waals surface area contributed by atoms with E-state index in [0.29, 0.717) is 21.2 Å². The lowest BCUT2D eigenvalue weighted by atomic mass is 10.0. The maximum atomic E-state index is 11.9. The molecule has 0 saturated carbocycles. The largest absolute Gasteiger partial charge is 0.329 e. The number of imidazole rings is 1. The number of aromatic nitrogens is 2. The molecule has 20 heavy (non-hydrogen) atoms. The van der Waals surface area contributed by atoms with E-state index in [4.69, 9.17) is 12.2 Å². The molecule has 0 saturated heterocycles. The molecule has 0 fully saturated rings. The molecule has 0 aliphatic heterocycles. The number of allylic oxidation sites excluding steroid dienone is 2. The van der Waals surface area contributed by atoms with Gasteiger partial charge in [0.25, 0.3) is 0 Å². The van der Waals surface area contributed by atoms with Crippen LogP contribution in [0.5, 0.6) is 0 Å². The van der Waals surface area contributed by atoms with Crippen molar-refractivity contribution in [2.75, 3.05) is 6.26 Å². The standard InChI is InChI=1S/C14H16N2O2S2/c1-20(17,18)12-9-5-8-11-13(12)15-14(19)16(11)10-6-3-2-4-7-10/h2-3,5,8-10H,4,6-7H2,1H3,(H,15,19). The fourth-order valence-corrected chi connectivity index (χ4v) is 4.01. The van der Waals surface area contributed by atoms with Crippen LogP contribution >= 0.6 is 12.2 Å². The van der Waals surface area contributed by atoms with Crippen LogP contribution in [0.25, 0.3) is 11.0 Å². The van der Waals surface area contributed by atoms with Crippen molar-refractivity contribution in [3.8, 4) is 0 Å². The van der Waals surface area contributed by atoms with E-state index in [0.717, 1.165) is 24.8 Å². The van der Waals surface area contributed by atoms with Crippen molar-refractivity contribution < 1.29 is 8.42 Å². The van der Waals surface area contributed by atoms with Gasteiger partial charge in [-0.1, -0.05) is 18.2 Å². The number of aromatic amines is 1. The van der Waals surface area contributed by atoms with Crippen molar-refractivity contribution in [2.45, 2.75) is 30.2 Å². The number of fused-ring (bicyclic) bond motifs is 1. The molecular formula is C14H16N2O2S2. The molecule has 0 spiro atoms. The Morgan fingerprint density at radius 1 is 1.35 bits per heavy atom. The highest BCUT2D eigenvalue weighted by Gasteiger charge is 2.20. The van der Waals surface area contributed by atoms with Crippen LogP contribution in [-0.4, -0.2) is 24.2 Å². The second kappa shape index (κ2) is 4.86. The second-order valence-corrected chi connectivity index (χ2v) is 7.53. The Morgan fingerprint density at radius 2 is 2.15 bits per heavy atom. The first kappa shape index (κ1) is 13.6. The molecule has 106 valence electrons. The summed E-state index contributed by atoms with van der Waals surface area (Å²) in [4.78, 5) is 3.39. The number of rotatable bonds is 2. The lowest BCUT2D eigenvalue weighted by Gasteiger charge is -2.20. The maximum Gasteiger partial charge on any atom is 0.178 e. The first-order valence-corrected chi connectivity index (χ1v) is 8.87. The Kier molecular flexibility index (Phi) is 3.30. The predicted molar refractivity (Wildman–Crippen MR) is 82.3 cm³/mol. The smallest absolute Gasteiger partial charge is 0.178 e. The SMILES string of the molecule is CS(=O)(=O)c1cccc2c1[nH]c(=S)n2C1CC=CCC1. The third kappa shape index (κ3) is 2.23. The van der Waals surface area contributed by atoms with E-state index in [1.807, 2.05) is 6.07 Å². The van der Waals surface area contributed by atoms with Crippen molar-refractivity contribution in [2.24, 2.45) is 0 Å². The molecule has 4 nitrogen and oxygen atoms in total. The van der Waals surface area contributed by atoms with E-state index < -0.39 is 9.84 Å². The average Bonchev–Trinajstić information content (AvgIpc) is 2.74. The minimum Gasteiger partial charge on any atom is -0.329 e. The van der Waals surface area contributed by atoms with Crippen LogP contribution in [0.15, 0.2) is 35.2 Å². The molecule has 0 amide bonds. The highest BCUT2D eigenvalue weighted by molar-refractivity contribution is 7.91. The summed E-state index contributed by atoms with van der Waals surface area (Å²) in [5, 5.41) is 0. The van der Waals surface area contributed by atoms with Crippen molar-refractivity contribution in [3.63, 3.8) is 0 Å². The van der Waals surface area contributed by atoms with Crippen molar-refractivity contribution in [1.29, 1.82) is 0 Å². The minimum atomic E-state index is -3.27. The Balaban J connectivity index is 2.27. The van der Waals surface area contributed by atoms with Crippen LogP contribution in [0.2, 0.25) is 0 Å². The lowest BCUT2D eigenvalue weighted by Crippen LogP contribution is -2.10. The molecule has 1 aromatic heterocycles. The lowest BCUT2D eigenvalue weighted by molar-refractivity contribution is 0.467. The fourth-order valence-electron chi connectivity index (χ4n) is 2.81. The van der Waals surface area contributed by atoms with Gasteiger partial charge in [-0.25, -0.2) is 8.42 Å². The predicted octanol–water partition coefficient (Wildman–Crippen LogP) is 3.38. The maximum absolute atomic E-state index is 11.9. The number of nitrogens with zero attached hydrogens (tertiary/aromatic N) is 1. The molecule has 1 unspecified atom stereocenters. The van der Waals surface area contributed by atoms with Crippen LogP contribution in [0, 0.1) is 4.77 Å². The summed E-state index contributed by atoms with van der Waals surface area (Å²) in [5.41, 5.74) is 1.49. The number of sulfone groups is 1. The van der Waals surface area contributed by atoms with Gasteiger partial charge in [-0.05, 0) is 43.6 Å². The molecule has 0 bridgehead atoms. The van der Waals surface area contributed by atoms with Gasteiger partial charge in [0, 0.05) is 12.3 Å². The molecule has 1 atom stereocenters. The zero-order valence-corrected chi connectivity index (χ0v) is 12.8. The molecule has 0 radical (unpaired) electrons. The monoisotopic (exact) mass is 308 g/mol. The van der Waals surface area contributed by atoms with E-state index in [1.165, 1.54) is 6.26 Å². The van der Waals surface area contributed by atoms with Gasteiger partial charge >= 0.3 is 0 Å². The van der Waals surface area contributed by atoms with Gasteiger partial charge in [0.15, 0.2) is 14.6 Å². The van der Waals surface area contributed by atoms with Gasteiger partial charge in [-0.2, -0.15) is 0 Å². The number of nitrogens with one attached hydrogen (secondary N) is 1. The van der Waals surface area contributed by atoms with Gasteiger partial charge < -0.3 is 9.55 Å². The van der Waals surface area contributed by atoms with Gasteiger partial charge in [0.2, 0.25) is 0 Å². The van der Waals surface area contributed by atoms with Gasteiger partial charge in [-0.3, -0.25) is 0 Å². The summed E-state index contributed by atoms with van der Waals surface area (Å²) in [6, 6.07) is 5.62. The third-order valence-electron chi connectivity index (χ3n) is 3.72. The first-order chi connectivity index (χ1) is 9.48. The van der Waals surface area contributed by atoms with Crippen molar-refractivity contribution in [1.82, 2.24) is 9.55 Å². The molecule has 2 aromatic rings. The van der Waals surface area contributed by atoms with Gasteiger partial charge in [0.1, 0.15) is 0 Å². The number of benzene rings is 1. The zero-order chi connectivity index (χ0) is 14.3. The average molecular weight is 308 g/mol. The Labute approximate surface area is 123 Å². The topological polar surface area (TPSA) is 54.9 Å². The van der Waals surface area contributed by atoms with Crippen LogP contribution < -0.4 is 0 Å². The van der Waals surface area contributed by atoms with Crippen molar-refractivity contribution >= 4 is 33.1 Å². The van der Waals surface area contributed by atoms with E-state index in [9.17, 15) is 8.42 Å². The summed E-state index contributed by atoms with van der Waals surface area (Å²) in [7, 11) is -3.27. The summed E-state index contributed by atoms with van der Waals surface area (Å²) < 4.78 is 26.4. The molecule has 1 heterocycles. The summed E-state index contributed by atoms with van der Waals surface area (Å²) in [6.45, 7) is 0. The van der Waals surface area contributed by atoms with Crippen molar-refractivity contribution in [3.05, 3.63) is 35.1 Å². The second-order valence-electron chi connectivity index (χ2n) is 5.16. The number of H-pyrrole nitrogens is 1. The van der Waals surface area contributed by atoms with Gasteiger partial charge in [0.05, 0.1) is 15.9 Å². The van der Waals surface area contributed by atoms with Crippen LogP contribution in [0.1, 0.15) is 25.3 Å². The number of para-hydroxylation sites is 1. The van der Waals surface area contributed by atoms with E-state index in [2.05, 4.69) is 21.7 Å². The number of hydrogen-bond donors (Lipinski definition) is 1. The Hall–Kier alpha value is -1.40. The minimum absolute atomic E-state index is 0.302. The molecule has 1 aliphatic carbocycles. The molecule has 1 aromatic carbocycles. The van der Waals surface area contributed by atoms with E-state index in [1.54, 1.807) is 12.1 Å². The number of hydrogen-bond acceptors (Lipinski definition) is 3. The van der Waals surface area contributed by atoms with Crippen LogP contribution in [0.3, 0.4) is 0 Å².